The zero-order chi connectivity index (χ0) is 10.3. The minimum absolute atomic E-state index is 0.0303. The fourth-order valence-corrected chi connectivity index (χ4v) is 1.20. The number of ether oxygens (including phenoxy) is 1. The van der Waals surface area contributed by atoms with E-state index >= 15 is 0 Å². The Morgan fingerprint density at radius 1 is 1.54 bits per heavy atom. The summed E-state index contributed by atoms with van der Waals surface area (Å²) in [6.45, 7) is 4.36. The van der Waals surface area contributed by atoms with Crippen LogP contribution >= 0.6 is 11.6 Å². The van der Waals surface area contributed by atoms with Crippen LogP contribution in [0.2, 0.25) is 0 Å². The fourth-order valence-electron chi connectivity index (χ4n) is 1.06. The van der Waals surface area contributed by atoms with E-state index in [1.54, 1.807) is 7.11 Å². The first-order valence-electron chi connectivity index (χ1n) is 4.38. The van der Waals surface area contributed by atoms with Crippen LogP contribution in [-0.2, 0) is 9.53 Å². The molecule has 0 spiro atoms. The predicted octanol–water partition coefficient (Wildman–Crippen LogP) is 1.55. The van der Waals surface area contributed by atoms with Crippen molar-refractivity contribution >= 4 is 17.5 Å². The molecule has 0 aliphatic carbocycles. The van der Waals surface area contributed by atoms with Crippen LogP contribution in [0.5, 0.6) is 0 Å². The lowest BCUT2D eigenvalue weighted by molar-refractivity contribution is -0.123. The van der Waals surface area contributed by atoms with Crippen molar-refractivity contribution in [2.24, 2.45) is 0 Å². The zero-order valence-electron chi connectivity index (χ0n) is 8.52. The molecule has 0 saturated carbocycles. The van der Waals surface area contributed by atoms with Crippen molar-refractivity contribution in [2.45, 2.75) is 32.2 Å². The summed E-state index contributed by atoms with van der Waals surface area (Å²) in [5.74, 6) is 0.556. The monoisotopic (exact) mass is 207 g/mol. The Labute approximate surface area is 84.8 Å². The first kappa shape index (κ1) is 12.7. The predicted molar refractivity (Wildman–Crippen MR) is 54.1 cm³/mol. The Morgan fingerprint density at radius 2 is 2.15 bits per heavy atom. The van der Waals surface area contributed by atoms with Gasteiger partial charge in [-0.3, -0.25) is 4.79 Å². The van der Waals surface area contributed by atoms with E-state index in [9.17, 15) is 4.79 Å². The van der Waals surface area contributed by atoms with Gasteiger partial charge in [0.1, 0.15) is 0 Å². The van der Waals surface area contributed by atoms with Gasteiger partial charge in [0.15, 0.2) is 0 Å². The van der Waals surface area contributed by atoms with Gasteiger partial charge < -0.3 is 10.1 Å². The third kappa shape index (κ3) is 6.84. The van der Waals surface area contributed by atoms with Crippen LogP contribution in [0.3, 0.4) is 0 Å². The highest BCUT2D eigenvalue weighted by molar-refractivity contribution is 6.17. The molecule has 0 aromatic heterocycles. The Bertz CT molecular complexity index is 160. The maximum Gasteiger partial charge on any atom is 0.220 e. The third-order valence-corrected chi connectivity index (χ3v) is 1.79. The van der Waals surface area contributed by atoms with E-state index in [0.29, 0.717) is 18.9 Å². The van der Waals surface area contributed by atoms with Crippen LogP contribution in [0, 0.1) is 0 Å². The molecule has 78 valence electrons. The van der Waals surface area contributed by atoms with Crippen molar-refractivity contribution in [2.75, 3.05) is 19.6 Å². The number of rotatable bonds is 6. The van der Waals surface area contributed by atoms with E-state index in [-0.39, 0.29) is 11.4 Å². The molecule has 0 heterocycles. The summed E-state index contributed by atoms with van der Waals surface area (Å²) in [7, 11) is 1.62. The Kier molecular flexibility index (Phi) is 6.08. The van der Waals surface area contributed by atoms with Gasteiger partial charge in [0.2, 0.25) is 5.91 Å². The lowest BCUT2D eigenvalue weighted by atomic mass is 10.1. The van der Waals surface area contributed by atoms with Gasteiger partial charge >= 0.3 is 0 Å². The van der Waals surface area contributed by atoms with Gasteiger partial charge in [0.25, 0.3) is 0 Å². The molecular formula is C9H18ClNO2. The lowest BCUT2D eigenvalue weighted by Crippen LogP contribution is -2.46. The van der Waals surface area contributed by atoms with Gasteiger partial charge in [-0.2, -0.15) is 0 Å². The highest BCUT2D eigenvalue weighted by atomic mass is 35.5. The van der Waals surface area contributed by atoms with Crippen LogP contribution in [0.25, 0.3) is 0 Å². The second-order valence-electron chi connectivity index (χ2n) is 3.66. The van der Waals surface area contributed by atoms with Crippen molar-refractivity contribution < 1.29 is 9.53 Å². The summed E-state index contributed by atoms with van der Waals surface area (Å²) in [5, 5.41) is 2.87. The molecule has 0 bridgehead atoms. The molecule has 0 unspecified atom stereocenters. The molecule has 0 fully saturated rings. The number of alkyl halides is 1. The second kappa shape index (κ2) is 6.22. The number of carbonyl (C=O) groups is 1. The SMILES string of the molecule is COCC(C)(C)NC(=O)CCCCl. The molecule has 0 atom stereocenters. The number of hydrogen-bond acceptors (Lipinski definition) is 2. The highest BCUT2D eigenvalue weighted by Crippen LogP contribution is 2.03. The van der Waals surface area contributed by atoms with Crippen LogP contribution < -0.4 is 5.32 Å². The van der Waals surface area contributed by atoms with Gasteiger partial charge in [-0.15, -0.1) is 11.6 Å². The molecule has 1 N–H and O–H groups in total. The van der Waals surface area contributed by atoms with E-state index in [1.807, 2.05) is 13.8 Å². The van der Waals surface area contributed by atoms with Gasteiger partial charge in [-0.25, -0.2) is 0 Å². The lowest BCUT2D eigenvalue weighted by Gasteiger charge is -2.25. The second-order valence-corrected chi connectivity index (χ2v) is 4.04. The van der Waals surface area contributed by atoms with Crippen molar-refractivity contribution in [1.29, 1.82) is 0 Å². The highest BCUT2D eigenvalue weighted by Gasteiger charge is 2.19. The minimum Gasteiger partial charge on any atom is -0.382 e. The molecule has 0 aromatic carbocycles. The molecule has 0 rings (SSSR count). The minimum atomic E-state index is -0.294. The van der Waals surface area contributed by atoms with Crippen molar-refractivity contribution in [3.05, 3.63) is 0 Å². The molecule has 0 aliphatic rings. The molecule has 0 aliphatic heterocycles. The third-order valence-electron chi connectivity index (χ3n) is 1.52. The Morgan fingerprint density at radius 3 is 2.62 bits per heavy atom. The van der Waals surface area contributed by atoms with Crippen LogP contribution in [0.1, 0.15) is 26.7 Å². The number of methoxy groups -OCH3 is 1. The normalized spacial score (nSPS) is 11.4. The standard InChI is InChI=1S/C9H18ClNO2/c1-9(2,7-13-3)11-8(12)5-4-6-10/h4-7H2,1-3H3,(H,11,12). The molecule has 13 heavy (non-hydrogen) atoms. The number of carbonyl (C=O) groups excluding carboxylic acids is 1. The van der Waals surface area contributed by atoms with Crippen LogP contribution in [-0.4, -0.2) is 31.0 Å². The molecule has 0 aromatic rings. The van der Waals surface area contributed by atoms with E-state index in [0.717, 1.165) is 6.42 Å². The van der Waals surface area contributed by atoms with E-state index in [1.165, 1.54) is 0 Å². The first-order valence-corrected chi connectivity index (χ1v) is 4.91. The summed E-state index contributed by atoms with van der Waals surface area (Å²) in [6.07, 6.45) is 1.20. The average molecular weight is 208 g/mol. The van der Waals surface area contributed by atoms with E-state index in [4.69, 9.17) is 16.3 Å². The Balaban J connectivity index is 3.75. The Hall–Kier alpha value is -0.280. The van der Waals surface area contributed by atoms with Crippen LogP contribution in [0.4, 0.5) is 0 Å². The number of nitrogens with one attached hydrogen (secondary N) is 1. The number of hydrogen-bond donors (Lipinski definition) is 1. The van der Waals surface area contributed by atoms with Gasteiger partial charge in [0, 0.05) is 19.4 Å². The zero-order valence-corrected chi connectivity index (χ0v) is 9.28. The first-order chi connectivity index (χ1) is 6.02. The summed E-state index contributed by atoms with van der Waals surface area (Å²) in [6, 6.07) is 0. The topological polar surface area (TPSA) is 38.3 Å². The van der Waals surface area contributed by atoms with E-state index < -0.39 is 0 Å². The number of halogens is 1. The van der Waals surface area contributed by atoms with Crippen LogP contribution in [0.15, 0.2) is 0 Å². The molecule has 3 nitrogen and oxygen atoms in total. The summed E-state index contributed by atoms with van der Waals surface area (Å²) >= 11 is 5.47. The molecular weight excluding hydrogens is 190 g/mol. The average Bonchev–Trinajstić information content (AvgIpc) is 1.99. The molecule has 4 heteroatoms. The van der Waals surface area contributed by atoms with Crippen molar-refractivity contribution in [1.82, 2.24) is 5.32 Å². The smallest absolute Gasteiger partial charge is 0.220 e. The molecule has 0 radical (unpaired) electrons. The maximum atomic E-state index is 11.3. The van der Waals surface area contributed by atoms with Crippen molar-refractivity contribution in [3.8, 4) is 0 Å². The quantitative estimate of drug-likeness (QED) is 0.672. The van der Waals surface area contributed by atoms with E-state index in [2.05, 4.69) is 5.32 Å². The maximum absolute atomic E-state index is 11.3. The van der Waals surface area contributed by atoms with Gasteiger partial charge in [0.05, 0.1) is 12.1 Å². The summed E-state index contributed by atoms with van der Waals surface area (Å²) in [5.41, 5.74) is -0.294. The molecule has 1 amide bonds. The summed E-state index contributed by atoms with van der Waals surface area (Å²) in [4.78, 5) is 11.3. The van der Waals surface area contributed by atoms with Gasteiger partial charge in [-0.1, -0.05) is 0 Å². The largest absolute Gasteiger partial charge is 0.382 e. The summed E-state index contributed by atoms with van der Waals surface area (Å²) < 4.78 is 4.97. The van der Waals surface area contributed by atoms with Crippen molar-refractivity contribution in [3.63, 3.8) is 0 Å². The fraction of sp³-hybridized carbons (Fsp3) is 0.889. The number of amides is 1. The molecule has 0 saturated heterocycles. The van der Waals surface area contributed by atoms with Gasteiger partial charge in [-0.05, 0) is 20.3 Å².